The second-order valence-electron chi connectivity index (χ2n) is 2.50. The lowest BCUT2D eigenvalue weighted by Gasteiger charge is -2.17. The molecule has 0 bridgehead atoms. The predicted molar refractivity (Wildman–Crippen MR) is 30.9 cm³/mol. The third-order valence-electron chi connectivity index (χ3n) is 1.66. The molecule has 0 aromatic carbocycles. The van der Waals surface area contributed by atoms with Crippen molar-refractivity contribution in [2.24, 2.45) is 0 Å². The molecule has 1 aliphatic heterocycles. The van der Waals surface area contributed by atoms with Gasteiger partial charge >= 0.3 is 0 Å². The zero-order chi connectivity index (χ0) is 5.98. The van der Waals surface area contributed by atoms with Crippen molar-refractivity contribution in [3.05, 3.63) is 0 Å². The van der Waals surface area contributed by atoms with E-state index >= 15 is 0 Å². The van der Waals surface area contributed by atoms with Crippen molar-refractivity contribution in [3.8, 4) is 0 Å². The van der Waals surface area contributed by atoms with E-state index in [0.717, 1.165) is 25.9 Å². The molecule has 1 fully saturated rings. The van der Waals surface area contributed by atoms with Gasteiger partial charge in [-0.3, -0.25) is 4.79 Å². The summed E-state index contributed by atoms with van der Waals surface area (Å²) in [6.45, 7) is 2.08. The van der Waals surface area contributed by atoms with Gasteiger partial charge in [-0.2, -0.15) is 0 Å². The SMILES string of the molecule is C[NH+]1CCC(=O)CC1.[Cl-]. The summed E-state index contributed by atoms with van der Waals surface area (Å²) in [5.74, 6) is 0.440. The first-order chi connectivity index (χ1) is 3.79. The lowest BCUT2D eigenvalue weighted by Crippen LogP contribution is -3.10. The summed E-state index contributed by atoms with van der Waals surface area (Å²) in [6.07, 6.45) is 1.59. The van der Waals surface area contributed by atoms with Gasteiger partial charge in [0.05, 0.1) is 33.0 Å². The van der Waals surface area contributed by atoms with E-state index < -0.39 is 0 Å². The fourth-order valence-electron chi connectivity index (χ4n) is 0.956. The summed E-state index contributed by atoms with van der Waals surface area (Å²) in [6, 6.07) is 0. The van der Waals surface area contributed by atoms with E-state index in [0.29, 0.717) is 5.78 Å². The number of carbonyl (C=O) groups excluding carboxylic acids is 1. The van der Waals surface area contributed by atoms with Gasteiger partial charge in [-0.05, 0) is 0 Å². The summed E-state index contributed by atoms with van der Waals surface area (Å²) in [4.78, 5) is 12.1. The molecule has 2 nitrogen and oxygen atoms in total. The Kier molecular flexibility index (Phi) is 3.82. The number of nitrogens with one attached hydrogen (secondary N) is 1. The Morgan fingerprint density at radius 2 is 1.78 bits per heavy atom. The molecular weight excluding hydrogens is 138 g/mol. The van der Waals surface area contributed by atoms with Crippen LogP contribution in [0.4, 0.5) is 0 Å². The number of likely N-dealkylation sites (tertiary alicyclic amines) is 1. The molecule has 0 unspecified atom stereocenters. The van der Waals surface area contributed by atoms with Crippen LogP contribution in [0.15, 0.2) is 0 Å². The van der Waals surface area contributed by atoms with Gasteiger partial charge in [-0.15, -0.1) is 0 Å². The number of carbonyl (C=O) groups is 1. The van der Waals surface area contributed by atoms with E-state index in [2.05, 4.69) is 7.05 Å². The van der Waals surface area contributed by atoms with Crippen LogP contribution in [0.5, 0.6) is 0 Å². The van der Waals surface area contributed by atoms with Crippen LogP contribution >= 0.6 is 0 Å². The molecule has 9 heavy (non-hydrogen) atoms. The van der Waals surface area contributed by atoms with E-state index in [-0.39, 0.29) is 12.4 Å². The summed E-state index contributed by atoms with van der Waals surface area (Å²) < 4.78 is 0. The van der Waals surface area contributed by atoms with Crippen LogP contribution in [0.25, 0.3) is 0 Å². The number of quaternary nitrogens is 1. The maximum absolute atomic E-state index is 10.6. The first-order valence-corrected chi connectivity index (χ1v) is 3.12. The number of Topliss-reactive ketones (excluding diaryl/α,β-unsaturated/α-hetero) is 1. The summed E-state index contributed by atoms with van der Waals surface area (Å²) >= 11 is 0. The lowest BCUT2D eigenvalue weighted by molar-refractivity contribution is -0.880. The minimum Gasteiger partial charge on any atom is -1.00 e. The Labute approximate surface area is 61.6 Å². The van der Waals surface area contributed by atoms with Crippen molar-refractivity contribution in [3.63, 3.8) is 0 Å². The van der Waals surface area contributed by atoms with Crippen LogP contribution in [0.1, 0.15) is 12.8 Å². The number of hydrogen-bond donors (Lipinski definition) is 1. The fraction of sp³-hybridized carbons (Fsp3) is 0.833. The Balaban J connectivity index is 0.000000640. The molecule has 0 aliphatic carbocycles. The van der Waals surface area contributed by atoms with Gasteiger partial charge in [0.1, 0.15) is 5.78 Å². The lowest BCUT2D eigenvalue weighted by atomic mass is 10.1. The van der Waals surface area contributed by atoms with E-state index in [4.69, 9.17) is 0 Å². The van der Waals surface area contributed by atoms with E-state index in [1.54, 1.807) is 0 Å². The van der Waals surface area contributed by atoms with Gasteiger partial charge in [-0.25, -0.2) is 0 Å². The Morgan fingerprint density at radius 1 is 1.33 bits per heavy atom. The number of hydrogen-bond acceptors (Lipinski definition) is 1. The molecule has 1 heterocycles. The molecule has 54 valence electrons. The van der Waals surface area contributed by atoms with Crippen LogP contribution in [-0.2, 0) is 4.79 Å². The minimum atomic E-state index is 0. The summed E-state index contributed by atoms with van der Waals surface area (Å²) in [7, 11) is 2.13. The largest absolute Gasteiger partial charge is 1.00 e. The Hall–Kier alpha value is -0.0800. The van der Waals surface area contributed by atoms with Crippen molar-refractivity contribution in [1.29, 1.82) is 0 Å². The molecule has 0 aromatic heterocycles. The third kappa shape index (κ3) is 2.82. The van der Waals surface area contributed by atoms with Gasteiger partial charge in [0.15, 0.2) is 0 Å². The van der Waals surface area contributed by atoms with Crippen LogP contribution in [0.3, 0.4) is 0 Å². The van der Waals surface area contributed by atoms with Crippen LogP contribution in [0, 0.1) is 0 Å². The highest BCUT2D eigenvalue weighted by atomic mass is 35.5. The molecule has 1 N–H and O–H groups in total. The van der Waals surface area contributed by atoms with Gasteiger partial charge < -0.3 is 17.3 Å². The molecule has 0 amide bonds. The summed E-state index contributed by atoms with van der Waals surface area (Å²) in [5, 5.41) is 0. The first-order valence-electron chi connectivity index (χ1n) is 3.12. The van der Waals surface area contributed by atoms with Crippen LogP contribution < -0.4 is 17.3 Å². The molecule has 0 spiro atoms. The third-order valence-corrected chi connectivity index (χ3v) is 1.66. The van der Waals surface area contributed by atoms with Crippen LogP contribution in [-0.4, -0.2) is 25.9 Å². The summed E-state index contributed by atoms with van der Waals surface area (Å²) in [5.41, 5.74) is 0. The highest BCUT2D eigenvalue weighted by Gasteiger charge is 2.14. The fourth-order valence-corrected chi connectivity index (χ4v) is 0.956. The Morgan fingerprint density at radius 3 is 2.11 bits per heavy atom. The quantitative estimate of drug-likeness (QED) is 0.371. The van der Waals surface area contributed by atoms with Crippen molar-refractivity contribution >= 4 is 5.78 Å². The molecule has 0 radical (unpaired) electrons. The standard InChI is InChI=1S/C6H11NO.ClH/c1-7-4-2-6(8)3-5-7;/h2-5H2,1H3;1H. The molecular formula is C6H12ClNO. The molecule has 3 heteroatoms. The molecule has 0 saturated carbocycles. The van der Waals surface area contributed by atoms with Crippen molar-refractivity contribution in [2.45, 2.75) is 12.8 Å². The van der Waals surface area contributed by atoms with Gasteiger partial charge in [0, 0.05) is 0 Å². The second kappa shape index (κ2) is 3.85. The molecule has 1 rings (SSSR count). The maximum Gasteiger partial charge on any atom is 0.144 e. The van der Waals surface area contributed by atoms with E-state index in [1.165, 1.54) is 4.90 Å². The van der Waals surface area contributed by atoms with Gasteiger partial charge in [0.2, 0.25) is 0 Å². The van der Waals surface area contributed by atoms with Gasteiger partial charge in [-0.1, -0.05) is 0 Å². The van der Waals surface area contributed by atoms with Crippen molar-refractivity contribution in [2.75, 3.05) is 20.1 Å². The number of ketones is 1. The van der Waals surface area contributed by atoms with Gasteiger partial charge in [0.25, 0.3) is 0 Å². The molecule has 1 aliphatic rings. The van der Waals surface area contributed by atoms with Crippen LogP contribution in [0.2, 0.25) is 0 Å². The number of rotatable bonds is 0. The highest BCUT2D eigenvalue weighted by Crippen LogP contribution is 1.88. The normalized spacial score (nSPS) is 21.2. The smallest absolute Gasteiger partial charge is 0.144 e. The van der Waals surface area contributed by atoms with Crippen molar-refractivity contribution in [1.82, 2.24) is 0 Å². The monoisotopic (exact) mass is 149 g/mol. The topological polar surface area (TPSA) is 21.5 Å². The van der Waals surface area contributed by atoms with Crippen molar-refractivity contribution < 1.29 is 22.1 Å². The highest BCUT2D eigenvalue weighted by molar-refractivity contribution is 5.78. The maximum atomic E-state index is 10.6. The zero-order valence-corrected chi connectivity index (χ0v) is 6.37. The number of halogens is 1. The van der Waals surface area contributed by atoms with E-state index in [1.807, 2.05) is 0 Å². The molecule has 1 saturated heterocycles. The number of piperidine rings is 1. The average Bonchev–Trinajstić information content (AvgIpc) is 1.77. The minimum absolute atomic E-state index is 0. The second-order valence-corrected chi connectivity index (χ2v) is 2.50. The van der Waals surface area contributed by atoms with E-state index in [9.17, 15) is 4.79 Å². The molecule has 0 atom stereocenters. The Bertz CT molecular complexity index is 95.2. The average molecular weight is 150 g/mol. The zero-order valence-electron chi connectivity index (χ0n) is 5.61. The molecule has 0 aromatic rings. The predicted octanol–water partition coefficient (Wildman–Crippen LogP) is -4.13. The first kappa shape index (κ1) is 8.92.